The van der Waals surface area contributed by atoms with Gasteiger partial charge in [0.25, 0.3) is 5.91 Å². The third-order valence-corrected chi connectivity index (χ3v) is 4.42. The second kappa shape index (κ2) is 6.73. The number of methoxy groups -OCH3 is 1. The first-order valence-electron chi connectivity index (χ1n) is 7.97. The highest BCUT2D eigenvalue weighted by molar-refractivity contribution is 5.95. The van der Waals surface area contributed by atoms with Crippen LogP contribution in [-0.4, -0.2) is 30.5 Å². The Morgan fingerprint density at radius 1 is 1.26 bits per heavy atom. The highest BCUT2D eigenvalue weighted by Gasteiger charge is 2.30. The first kappa shape index (κ1) is 15.4. The molecular formula is C19H22N2O2. The predicted octanol–water partition coefficient (Wildman–Crippen LogP) is 3.12. The van der Waals surface area contributed by atoms with Crippen molar-refractivity contribution in [3.05, 3.63) is 59.7 Å². The van der Waals surface area contributed by atoms with E-state index in [1.165, 1.54) is 0 Å². The zero-order chi connectivity index (χ0) is 16.2. The molecule has 0 unspecified atom stereocenters. The van der Waals surface area contributed by atoms with Gasteiger partial charge < -0.3 is 15.4 Å². The van der Waals surface area contributed by atoms with Gasteiger partial charge >= 0.3 is 0 Å². The minimum absolute atomic E-state index is 0.0645. The molecule has 1 atom stereocenters. The van der Waals surface area contributed by atoms with Crippen molar-refractivity contribution >= 4 is 11.6 Å². The van der Waals surface area contributed by atoms with Crippen molar-refractivity contribution in [1.29, 1.82) is 0 Å². The van der Waals surface area contributed by atoms with Gasteiger partial charge in [0.15, 0.2) is 0 Å². The predicted molar refractivity (Wildman–Crippen MR) is 91.6 cm³/mol. The Kier molecular flexibility index (Phi) is 4.51. The zero-order valence-electron chi connectivity index (χ0n) is 13.4. The molecule has 0 radical (unpaired) electrons. The fourth-order valence-electron chi connectivity index (χ4n) is 3.28. The molecule has 0 spiro atoms. The SMILES string of the molecule is COc1ccccc1C[C@H]1CCCN1C(=O)c1cccc(N)c1. The van der Waals surface area contributed by atoms with Crippen molar-refractivity contribution in [3.63, 3.8) is 0 Å². The molecule has 23 heavy (non-hydrogen) atoms. The molecule has 4 nitrogen and oxygen atoms in total. The lowest BCUT2D eigenvalue weighted by molar-refractivity contribution is 0.0736. The molecule has 0 aromatic heterocycles. The molecule has 0 aliphatic carbocycles. The number of carbonyl (C=O) groups excluding carboxylic acids is 1. The number of nitrogens with two attached hydrogens (primary N) is 1. The van der Waals surface area contributed by atoms with Crippen LogP contribution in [0.25, 0.3) is 0 Å². The molecule has 1 amide bonds. The topological polar surface area (TPSA) is 55.6 Å². The number of benzene rings is 2. The maximum atomic E-state index is 12.8. The van der Waals surface area contributed by atoms with E-state index in [2.05, 4.69) is 6.07 Å². The number of likely N-dealkylation sites (tertiary alicyclic amines) is 1. The van der Waals surface area contributed by atoms with Crippen molar-refractivity contribution in [3.8, 4) is 5.75 Å². The Morgan fingerprint density at radius 2 is 2.09 bits per heavy atom. The third-order valence-electron chi connectivity index (χ3n) is 4.42. The van der Waals surface area contributed by atoms with Crippen molar-refractivity contribution < 1.29 is 9.53 Å². The van der Waals surface area contributed by atoms with E-state index < -0.39 is 0 Å². The molecule has 1 saturated heterocycles. The van der Waals surface area contributed by atoms with Gasteiger partial charge in [0.2, 0.25) is 0 Å². The normalized spacial score (nSPS) is 17.3. The van der Waals surface area contributed by atoms with Crippen molar-refractivity contribution in [2.45, 2.75) is 25.3 Å². The van der Waals surface area contributed by atoms with Gasteiger partial charge in [-0.05, 0) is 49.1 Å². The highest BCUT2D eigenvalue weighted by Crippen LogP contribution is 2.27. The zero-order valence-corrected chi connectivity index (χ0v) is 13.4. The molecule has 2 aromatic carbocycles. The molecule has 4 heteroatoms. The van der Waals surface area contributed by atoms with Gasteiger partial charge in [-0.2, -0.15) is 0 Å². The Labute approximate surface area is 136 Å². The van der Waals surface area contributed by atoms with Crippen LogP contribution < -0.4 is 10.5 Å². The fraction of sp³-hybridized carbons (Fsp3) is 0.316. The number of nitrogens with zero attached hydrogens (tertiary/aromatic N) is 1. The number of rotatable bonds is 4. The van der Waals surface area contributed by atoms with E-state index in [1.54, 1.807) is 19.2 Å². The molecule has 2 N–H and O–H groups in total. The van der Waals surface area contributed by atoms with E-state index in [4.69, 9.17) is 10.5 Å². The van der Waals surface area contributed by atoms with Crippen molar-refractivity contribution in [2.75, 3.05) is 19.4 Å². The average Bonchev–Trinajstić information content (AvgIpc) is 3.03. The lowest BCUT2D eigenvalue weighted by Crippen LogP contribution is -2.36. The summed E-state index contributed by atoms with van der Waals surface area (Å²) in [4.78, 5) is 14.8. The summed E-state index contributed by atoms with van der Waals surface area (Å²) < 4.78 is 5.43. The molecule has 2 aromatic rings. The Morgan fingerprint density at radius 3 is 2.87 bits per heavy atom. The number of hydrogen-bond acceptors (Lipinski definition) is 3. The number of ether oxygens (including phenoxy) is 1. The van der Waals surface area contributed by atoms with E-state index in [0.29, 0.717) is 11.3 Å². The molecule has 1 heterocycles. The van der Waals surface area contributed by atoms with E-state index >= 15 is 0 Å². The van der Waals surface area contributed by atoms with Crippen LogP contribution in [0.5, 0.6) is 5.75 Å². The van der Waals surface area contributed by atoms with E-state index in [-0.39, 0.29) is 11.9 Å². The summed E-state index contributed by atoms with van der Waals surface area (Å²) in [7, 11) is 1.68. The molecular weight excluding hydrogens is 288 g/mol. The van der Waals surface area contributed by atoms with E-state index in [0.717, 1.165) is 37.1 Å². The van der Waals surface area contributed by atoms with Gasteiger partial charge in [0, 0.05) is 23.8 Å². The first-order chi connectivity index (χ1) is 11.2. The summed E-state index contributed by atoms with van der Waals surface area (Å²) in [5.74, 6) is 0.949. The monoisotopic (exact) mass is 310 g/mol. The van der Waals surface area contributed by atoms with Gasteiger partial charge in [0.05, 0.1) is 7.11 Å². The maximum Gasteiger partial charge on any atom is 0.254 e. The third kappa shape index (κ3) is 3.31. The molecule has 0 saturated carbocycles. The lowest BCUT2D eigenvalue weighted by atomic mass is 10.0. The van der Waals surface area contributed by atoms with Crippen LogP contribution in [0.2, 0.25) is 0 Å². The molecule has 0 bridgehead atoms. The maximum absolute atomic E-state index is 12.8. The standard InChI is InChI=1S/C19H22N2O2/c1-23-18-10-3-2-6-14(18)13-17-9-5-11-21(17)19(22)15-7-4-8-16(20)12-15/h2-4,6-8,10,12,17H,5,9,11,13,20H2,1H3/t17-/m1/s1. The van der Waals surface area contributed by atoms with Crippen molar-refractivity contribution in [1.82, 2.24) is 4.90 Å². The van der Waals surface area contributed by atoms with Gasteiger partial charge in [-0.1, -0.05) is 24.3 Å². The van der Waals surface area contributed by atoms with Crippen LogP contribution in [0.15, 0.2) is 48.5 Å². The Bertz CT molecular complexity index is 699. The largest absolute Gasteiger partial charge is 0.496 e. The van der Waals surface area contributed by atoms with E-state index in [9.17, 15) is 4.79 Å². The smallest absolute Gasteiger partial charge is 0.254 e. The minimum Gasteiger partial charge on any atom is -0.496 e. The Balaban J connectivity index is 1.79. The van der Waals surface area contributed by atoms with Crippen LogP contribution in [0.4, 0.5) is 5.69 Å². The second-order valence-electron chi connectivity index (χ2n) is 5.94. The van der Waals surface area contributed by atoms with Gasteiger partial charge in [-0.3, -0.25) is 4.79 Å². The van der Waals surface area contributed by atoms with Crippen molar-refractivity contribution in [2.24, 2.45) is 0 Å². The molecule has 1 fully saturated rings. The summed E-state index contributed by atoms with van der Waals surface area (Å²) in [6, 6.07) is 15.4. The van der Waals surface area contributed by atoms with Crippen LogP contribution >= 0.6 is 0 Å². The molecule has 1 aliphatic rings. The number of anilines is 1. The molecule has 3 rings (SSSR count). The summed E-state index contributed by atoms with van der Waals surface area (Å²) >= 11 is 0. The summed E-state index contributed by atoms with van der Waals surface area (Å²) in [6.45, 7) is 0.799. The highest BCUT2D eigenvalue weighted by atomic mass is 16.5. The van der Waals surface area contributed by atoms with E-state index in [1.807, 2.05) is 35.2 Å². The average molecular weight is 310 g/mol. The van der Waals surface area contributed by atoms with Crippen LogP contribution in [0.1, 0.15) is 28.8 Å². The second-order valence-corrected chi connectivity index (χ2v) is 5.94. The summed E-state index contributed by atoms with van der Waals surface area (Å²) in [5.41, 5.74) is 8.23. The number of hydrogen-bond donors (Lipinski definition) is 1. The van der Waals surface area contributed by atoms with Gasteiger partial charge in [0.1, 0.15) is 5.75 Å². The Hall–Kier alpha value is -2.49. The fourth-order valence-corrected chi connectivity index (χ4v) is 3.28. The number of nitrogen functional groups attached to an aromatic ring is 1. The minimum atomic E-state index is 0.0645. The molecule has 1 aliphatic heterocycles. The van der Waals surface area contributed by atoms with Crippen LogP contribution in [-0.2, 0) is 6.42 Å². The number of amides is 1. The molecule has 120 valence electrons. The first-order valence-corrected chi connectivity index (χ1v) is 7.97. The summed E-state index contributed by atoms with van der Waals surface area (Å²) in [5, 5.41) is 0. The number of para-hydroxylation sites is 1. The summed E-state index contributed by atoms with van der Waals surface area (Å²) in [6.07, 6.45) is 2.87. The van der Waals surface area contributed by atoms with Crippen LogP contribution in [0.3, 0.4) is 0 Å². The van der Waals surface area contributed by atoms with Crippen LogP contribution in [0, 0.1) is 0 Å². The lowest BCUT2D eigenvalue weighted by Gasteiger charge is -2.25. The van der Waals surface area contributed by atoms with Gasteiger partial charge in [-0.25, -0.2) is 0 Å². The number of carbonyl (C=O) groups is 1. The van der Waals surface area contributed by atoms with Gasteiger partial charge in [-0.15, -0.1) is 0 Å². The quantitative estimate of drug-likeness (QED) is 0.883.